The highest BCUT2D eigenvalue weighted by atomic mass is 16.2. The predicted molar refractivity (Wildman–Crippen MR) is 36.5 cm³/mol. The zero-order chi connectivity index (χ0) is 7.40. The highest BCUT2D eigenvalue weighted by molar-refractivity contribution is 5.36. The maximum absolute atomic E-state index is 10.6. The van der Waals surface area contributed by atoms with Gasteiger partial charge in [0.1, 0.15) is 5.82 Å². The van der Waals surface area contributed by atoms with Gasteiger partial charge in [-0.25, -0.2) is 4.98 Å². The standard InChI is InChI=1S/C6H6N2O2/c9-4-2-5-7-3-1-6(10)8-5/h1-4,9H,(H,7,8,10)/b4-2-. The zero-order valence-electron chi connectivity index (χ0n) is 5.11. The Kier molecular flexibility index (Phi) is 1.84. The Morgan fingerprint density at radius 1 is 1.70 bits per heavy atom. The second-order valence-electron chi connectivity index (χ2n) is 1.64. The fourth-order valence-electron chi connectivity index (χ4n) is 0.541. The number of nitrogens with zero attached hydrogens (tertiary/aromatic N) is 1. The fraction of sp³-hybridized carbons (Fsp3) is 0. The van der Waals surface area contributed by atoms with Gasteiger partial charge in [0.25, 0.3) is 5.56 Å². The number of aromatic nitrogens is 2. The monoisotopic (exact) mass is 138 g/mol. The van der Waals surface area contributed by atoms with E-state index in [1.807, 2.05) is 0 Å². The first-order valence-corrected chi connectivity index (χ1v) is 2.69. The van der Waals surface area contributed by atoms with Crippen LogP contribution in [0.15, 0.2) is 23.3 Å². The molecule has 4 nitrogen and oxygen atoms in total. The van der Waals surface area contributed by atoms with E-state index in [1.54, 1.807) is 0 Å². The van der Waals surface area contributed by atoms with E-state index >= 15 is 0 Å². The van der Waals surface area contributed by atoms with Gasteiger partial charge in [0.05, 0.1) is 6.26 Å². The Balaban J connectivity index is 3.07. The third-order valence-corrected chi connectivity index (χ3v) is 0.923. The molecule has 0 aliphatic carbocycles. The lowest BCUT2D eigenvalue weighted by Crippen LogP contribution is -2.05. The van der Waals surface area contributed by atoms with Gasteiger partial charge in [0, 0.05) is 18.3 Å². The van der Waals surface area contributed by atoms with Gasteiger partial charge in [-0.15, -0.1) is 0 Å². The van der Waals surface area contributed by atoms with E-state index in [4.69, 9.17) is 5.11 Å². The van der Waals surface area contributed by atoms with Crippen molar-refractivity contribution in [3.8, 4) is 0 Å². The number of aliphatic hydroxyl groups is 1. The smallest absolute Gasteiger partial charge is 0.251 e. The van der Waals surface area contributed by atoms with E-state index in [1.165, 1.54) is 18.3 Å². The third-order valence-electron chi connectivity index (χ3n) is 0.923. The van der Waals surface area contributed by atoms with Crippen LogP contribution in [0.4, 0.5) is 0 Å². The second-order valence-corrected chi connectivity index (χ2v) is 1.64. The van der Waals surface area contributed by atoms with Gasteiger partial charge >= 0.3 is 0 Å². The molecular formula is C6H6N2O2. The molecule has 1 aromatic heterocycles. The van der Waals surface area contributed by atoms with Gasteiger partial charge in [-0.2, -0.15) is 0 Å². The summed E-state index contributed by atoms with van der Waals surface area (Å²) < 4.78 is 0. The summed E-state index contributed by atoms with van der Waals surface area (Å²) in [4.78, 5) is 16.7. The summed E-state index contributed by atoms with van der Waals surface area (Å²) >= 11 is 0. The highest BCUT2D eigenvalue weighted by Gasteiger charge is 1.85. The van der Waals surface area contributed by atoms with Crippen LogP contribution in [-0.4, -0.2) is 15.1 Å². The van der Waals surface area contributed by atoms with Crippen molar-refractivity contribution in [2.45, 2.75) is 0 Å². The quantitative estimate of drug-likeness (QED) is 0.548. The molecule has 0 atom stereocenters. The maximum Gasteiger partial charge on any atom is 0.251 e. The first-order valence-electron chi connectivity index (χ1n) is 2.69. The first kappa shape index (κ1) is 6.54. The number of aromatic amines is 1. The van der Waals surface area contributed by atoms with Gasteiger partial charge in [-0.3, -0.25) is 4.79 Å². The van der Waals surface area contributed by atoms with Crippen LogP contribution in [-0.2, 0) is 0 Å². The van der Waals surface area contributed by atoms with Gasteiger partial charge in [-0.1, -0.05) is 0 Å². The van der Waals surface area contributed by atoms with E-state index in [0.717, 1.165) is 6.26 Å². The number of rotatable bonds is 1. The Morgan fingerprint density at radius 2 is 2.50 bits per heavy atom. The molecule has 0 aliphatic rings. The van der Waals surface area contributed by atoms with Gasteiger partial charge < -0.3 is 10.1 Å². The molecule has 0 aliphatic heterocycles. The van der Waals surface area contributed by atoms with Crippen LogP contribution < -0.4 is 5.56 Å². The molecule has 0 spiro atoms. The fourth-order valence-corrected chi connectivity index (χ4v) is 0.541. The van der Waals surface area contributed by atoms with Crippen LogP contribution in [0.25, 0.3) is 6.08 Å². The van der Waals surface area contributed by atoms with E-state index in [-0.39, 0.29) is 5.56 Å². The van der Waals surface area contributed by atoms with Gasteiger partial charge in [0.2, 0.25) is 0 Å². The topological polar surface area (TPSA) is 66.0 Å². The van der Waals surface area contributed by atoms with E-state index < -0.39 is 0 Å². The van der Waals surface area contributed by atoms with Crippen molar-refractivity contribution in [1.29, 1.82) is 0 Å². The zero-order valence-corrected chi connectivity index (χ0v) is 5.11. The average Bonchev–Trinajstić information content (AvgIpc) is 1.88. The third kappa shape index (κ3) is 1.45. The number of hydrogen-bond donors (Lipinski definition) is 2. The summed E-state index contributed by atoms with van der Waals surface area (Å²) in [6.07, 6.45) is 3.48. The second kappa shape index (κ2) is 2.82. The minimum Gasteiger partial charge on any atom is -0.515 e. The molecule has 0 saturated heterocycles. The van der Waals surface area contributed by atoms with Crippen molar-refractivity contribution < 1.29 is 5.11 Å². The molecule has 0 amide bonds. The van der Waals surface area contributed by atoms with Crippen LogP contribution >= 0.6 is 0 Å². The lowest BCUT2D eigenvalue weighted by molar-refractivity contribution is 0.477. The van der Waals surface area contributed by atoms with Crippen molar-refractivity contribution in [2.24, 2.45) is 0 Å². The van der Waals surface area contributed by atoms with Crippen LogP contribution in [0, 0.1) is 0 Å². The molecule has 1 rings (SSSR count). The molecule has 0 bridgehead atoms. The number of hydrogen-bond acceptors (Lipinski definition) is 3. The highest BCUT2D eigenvalue weighted by Crippen LogP contribution is 1.84. The minimum absolute atomic E-state index is 0.233. The Labute approximate surface area is 56.9 Å². The number of nitrogens with one attached hydrogen (secondary N) is 1. The first-order chi connectivity index (χ1) is 4.83. The Morgan fingerprint density at radius 3 is 3.10 bits per heavy atom. The molecule has 10 heavy (non-hydrogen) atoms. The van der Waals surface area contributed by atoms with E-state index in [2.05, 4.69) is 9.97 Å². The molecule has 0 radical (unpaired) electrons. The summed E-state index contributed by atoms with van der Waals surface area (Å²) in [5, 5.41) is 8.27. The van der Waals surface area contributed by atoms with Gasteiger partial charge in [-0.05, 0) is 0 Å². The van der Waals surface area contributed by atoms with Crippen LogP contribution in [0.2, 0.25) is 0 Å². The van der Waals surface area contributed by atoms with Gasteiger partial charge in [0.15, 0.2) is 0 Å². The molecule has 1 heterocycles. The summed E-state index contributed by atoms with van der Waals surface area (Å²) in [6, 6.07) is 1.30. The van der Waals surface area contributed by atoms with E-state index in [0.29, 0.717) is 5.82 Å². The van der Waals surface area contributed by atoms with Crippen molar-refractivity contribution in [2.75, 3.05) is 0 Å². The molecule has 1 aromatic rings. The Bertz CT molecular complexity index is 290. The molecular weight excluding hydrogens is 132 g/mol. The predicted octanol–water partition coefficient (Wildman–Crippen LogP) is 0.299. The molecule has 52 valence electrons. The number of aliphatic hydroxyl groups excluding tert-OH is 1. The molecule has 0 aromatic carbocycles. The summed E-state index contributed by atoms with van der Waals surface area (Å²) in [5.74, 6) is 0.343. The van der Waals surface area contributed by atoms with Crippen molar-refractivity contribution in [1.82, 2.24) is 9.97 Å². The summed E-state index contributed by atoms with van der Waals surface area (Å²) in [6.45, 7) is 0. The summed E-state index contributed by atoms with van der Waals surface area (Å²) in [7, 11) is 0. The maximum atomic E-state index is 10.6. The molecule has 2 N–H and O–H groups in total. The Hall–Kier alpha value is -1.58. The molecule has 0 saturated carbocycles. The molecule has 0 fully saturated rings. The van der Waals surface area contributed by atoms with Crippen molar-refractivity contribution in [3.05, 3.63) is 34.7 Å². The average molecular weight is 138 g/mol. The van der Waals surface area contributed by atoms with Crippen LogP contribution in [0.5, 0.6) is 0 Å². The van der Waals surface area contributed by atoms with Crippen molar-refractivity contribution >= 4 is 6.08 Å². The lowest BCUT2D eigenvalue weighted by atomic mass is 10.5. The minimum atomic E-state index is -0.233. The SMILES string of the molecule is O=c1ccnc(/C=C\O)[nH]1. The van der Waals surface area contributed by atoms with Crippen LogP contribution in [0.1, 0.15) is 5.82 Å². The lowest BCUT2D eigenvalue weighted by Gasteiger charge is -1.87. The summed E-state index contributed by atoms with van der Waals surface area (Å²) in [5.41, 5.74) is -0.233. The van der Waals surface area contributed by atoms with Crippen molar-refractivity contribution in [3.63, 3.8) is 0 Å². The van der Waals surface area contributed by atoms with E-state index in [9.17, 15) is 4.79 Å². The molecule has 4 heteroatoms. The van der Waals surface area contributed by atoms with Crippen LogP contribution in [0.3, 0.4) is 0 Å². The molecule has 0 unspecified atom stereocenters. The number of H-pyrrole nitrogens is 1. The largest absolute Gasteiger partial charge is 0.515 e. The normalized spacial score (nSPS) is 10.4.